The molecule has 2 nitrogen and oxygen atoms in total. The van der Waals surface area contributed by atoms with E-state index in [9.17, 15) is 0 Å². The zero-order valence-electron chi connectivity index (χ0n) is 11.6. The molecule has 1 aromatic carbocycles. The molecule has 2 rings (SSSR count). The highest BCUT2D eigenvalue weighted by atomic mass is 35.5. The topological polar surface area (TPSA) is 17.8 Å². The third-order valence-corrected chi connectivity index (χ3v) is 3.34. The highest BCUT2D eigenvalue weighted by Gasteiger charge is 2.17. The summed E-state index contributed by atoms with van der Waals surface area (Å²) in [5, 5.41) is 0.768. The Bertz CT molecular complexity index is 545. The van der Waals surface area contributed by atoms with E-state index in [4.69, 9.17) is 11.6 Å². The second-order valence-corrected chi connectivity index (χ2v) is 6.14. The minimum atomic E-state index is 0.115. The number of imidazole rings is 1. The van der Waals surface area contributed by atoms with E-state index < -0.39 is 0 Å². The lowest BCUT2D eigenvalue weighted by molar-refractivity contribution is 0.473. The predicted molar refractivity (Wildman–Crippen MR) is 81.1 cm³/mol. The molecule has 0 amide bonds. The molecule has 1 aromatic heterocycles. The lowest BCUT2D eigenvalue weighted by Crippen LogP contribution is -2.14. The molecular weight excluding hydrogens is 256 g/mol. The molecule has 100 valence electrons. The molecule has 0 atom stereocenters. The van der Waals surface area contributed by atoms with Crippen LogP contribution in [0, 0.1) is 5.41 Å². The van der Waals surface area contributed by atoms with Gasteiger partial charge in [0.1, 0.15) is 0 Å². The zero-order valence-corrected chi connectivity index (χ0v) is 12.4. The maximum absolute atomic E-state index is 5.92. The number of halogens is 1. The van der Waals surface area contributed by atoms with Crippen molar-refractivity contribution in [1.82, 2.24) is 9.55 Å². The molecule has 19 heavy (non-hydrogen) atoms. The van der Waals surface area contributed by atoms with E-state index in [0.717, 1.165) is 11.6 Å². The zero-order chi connectivity index (χ0) is 13.9. The first-order valence-corrected chi connectivity index (χ1v) is 6.75. The maximum Gasteiger partial charge on any atom is 0.0948 e. The van der Waals surface area contributed by atoms with Gasteiger partial charge in [-0.3, -0.25) is 0 Å². The first kappa shape index (κ1) is 13.9. The van der Waals surface area contributed by atoms with Crippen molar-refractivity contribution < 1.29 is 0 Å². The number of rotatable bonds is 3. The SMILES string of the molecule is CC(C)(C)/C(=C/c1ccc(Cl)cc1)Cn1ccnc1. The summed E-state index contributed by atoms with van der Waals surface area (Å²) < 4.78 is 2.09. The van der Waals surface area contributed by atoms with Crippen molar-refractivity contribution in [2.45, 2.75) is 27.3 Å². The summed E-state index contributed by atoms with van der Waals surface area (Å²) in [7, 11) is 0. The summed E-state index contributed by atoms with van der Waals surface area (Å²) in [6.07, 6.45) is 7.88. The van der Waals surface area contributed by atoms with Gasteiger partial charge in [0.05, 0.1) is 6.33 Å². The Hall–Kier alpha value is -1.54. The lowest BCUT2D eigenvalue weighted by atomic mass is 9.85. The first-order chi connectivity index (χ1) is 8.95. The molecule has 0 unspecified atom stereocenters. The lowest BCUT2D eigenvalue weighted by Gasteiger charge is -2.24. The Morgan fingerprint density at radius 2 is 1.95 bits per heavy atom. The van der Waals surface area contributed by atoms with Gasteiger partial charge in [0.2, 0.25) is 0 Å². The number of aromatic nitrogens is 2. The molecule has 0 saturated heterocycles. The van der Waals surface area contributed by atoms with Crippen LogP contribution in [0.25, 0.3) is 6.08 Å². The highest BCUT2D eigenvalue weighted by molar-refractivity contribution is 6.30. The molecule has 0 saturated carbocycles. The molecule has 0 N–H and O–H groups in total. The summed E-state index contributed by atoms with van der Waals surface area (Å²) in [6.45, 7) is 7.54. The van der Waals surface area contributed by atoms with E-state index in [1.807, 2.05) is 43.0 Å². The van der Waals surface area contributed by atoms with Crippen molar-refractivity contribution in [3.63, 3.8) is 0 Å². The molecule has 3 heteroatoms. The normalized spacial score (nSPS) is 12.7. The van der Waals surface area contributed by atoms with Crippen molar-refractivity contribution in [2.24, 2.45) is 5.41 Å². The molecule has 0 aliphatic rings. The Morgan fingerprint density at radius 1 is 1.26 bits per heavy atom. The molecule has 0 bridgehead atoms. The monoisotopic (exact) mass is 274 g/mol. The average molecular weight is 275 g/mol. The van der Waals surface area contributed by atoms with E-state index in [1.165, 1.54) is 11.1 Å². The minimum absolute atomic E-state index is 0.115. The van der Waals surface area contributed by atoms with Crippen molar-refractivity contribution >= 4 is 17.7 Å². The van der Waals surface area contributed by atoms with Gasteiger partial charge in [0.15, 0.2) is 0 Å². The van der Waals surface area contributed by atoms with Gasteiger partial charge in [0, 0.05) is 24.0 Å². The Morgan fingerprint density at radius 3 is 2.47 bits per heavy atom. The standard InChI is InChI=1S/C16H19ClN2/c1-16(2,3)14(11-19-9-8-18-12-19)10-13-4-6-15(17)7-5-13/h4-10,12H,11H2,1-3H3/b14-10+. The molecular formula is C16H19ClN2. The first-order valence-electron chi connectivity index (χ1n) is 6.37. The summed E-state index contributed by atoms with van der Waals surface area (Å²) >= 11 is 5.92. The van der Waals surface area contributed by atoms with Crippen LogP contribution in [-0.4, -0.2) is 9.55 Å². The van der Waals surface area contributed by atoms with Crippen LogP contribution in [0.5, 0.6) is 0 Å². The molecule has 0 radical (unpaired) electrons. The summed E-state index contributed by atoms with van der Waals surface area (Å²) in [5.41, 5.74) is 2.64. The summed E-state index contributed by atoms with van der Waals surface area (Å²) in [4.78, 5) is 4.09. The van der Waals surface area contributed by atoms with E-state index >= 15 is 0 Å². The van der Waals surface area contributed by atoms with Crippen LogP contribution in [0.3, 0.4) is 0 Å². The van der Waals surface area contributed by atoms with E-state index in [2.05, 4.69) is 36.4 Å². The molecule has 0 aliphatic heterocycles. The third kappa shape index (κ3) is 3.97. The summed E-state index contributed by atoms with van der Waals surface area (Å²) in [5.74, 6) is 0. The minimum Gasteiger partial charge on any atom is -0.333 e. The van der Waals surface area contributed by atoms with Gasteiger partial charge in [-0.2, -0.15) is 0 Å². The number of allylic oxidation sites excluding steroid dienone is 1. The summed E-state index contributed by atoms with van der Waals surface area (Å²) in [6, 6.07) is 7.93. The molecule has 0 spiro atoms. The fourth-order valence-corrected chi connectivity index (χ4v) is 1.96. The number of benzene rings is 1. The number of hydrogen-bond acceptors (Lipinski definition) is 1. The van der Waals surface area contributed by atoms with Crippen LogP contribution in [0.15, 0.2) is 48.6 Å². The Kier molecular flexibility index (Phi) is 4.11. The number of nitrogens with zero attached hydrogens (tertiary/aromatic N) is 2. The van der Waals surface area contributed by atoms with Crippen molar-refractivity contribution in [3.05, 3.63) is 59.1 Å². The van der Waals surface area contributed by atoms with Gasteiger partial charge in [-0.05, 0) is 28.7 Å². The van der Waals surface area contributed by atoms with Crippen LogP contribution >= 0.6 is 11.6 Å². The molecule has 0 fully saturated rings. The Balaban J connectivity index is 2.29. The molecule has 1 heterocycles. The quantitative estimate of drug-likeness (QED) is 0.795. The maximum atomic E-state index is 5.92. The third-order valence-electron chi connectivity index (χ3n) is 3.09. The van der Waals surface area contributed by atoms with Crippen molar-refractivity contribution in [3.8, 4) is 0 Å². The van der Waals surface area contributed by atoms with Gasteiger partial charge in [-0.15, -0.1) is 0 Å². The van der Waals surface area contributed by atoms with Crippen molar-refractivity contribution in [1.29, 1.82) is 0 Å². The van der Waals surface area contributed by atoms with Gasteiger partial charge in [0.25, 0.3) is 0 Å². The fourth-order valence-electron chi connectivity index (χ4n) is 1.84. The van der Waals surface area contributed by atoms with Crippen LogP contribution in [0.2, 0.25) is 5.02 Å². The predicted octanol–water partition coefficient (Wildman–Crippen LogP) is 4.67. The van der Waals surface area contributed by atoms with Crippen LogP contribution in [0.1, 0.15) is 26.3 Å². The Labute approximate surface area is 119 Å². The van der Waals surface area contributed by atoms with E-state index in [1.54, 1.807) is 0 Å². The van der Waals surface area contributed by atoms with Gasteiger partial charge in [-0.1, -0.05) is 50.6 Å². The smallest absolute Gasteiger partial charge is 0.0948 e. The van der Waals surface area contributed by atoms with Crippen LogP contribution < -0.4 is 0 Å². The van der Waals surface area contributed by atoms with Gasteiger partial charge < -0.3 is 4.57 Å². The molecule has 2 aromatic rings. The largest absolute Gasteiger partial charge is 0.333 e. The second kappa shape index (κ2) is 5.62. The molecule has 0 aliphatic carbocycles. The fraction of sp³-hybridized carbons (Fsp3) is 0.312. The van der Waals surface area contributed by atoms with Crippen LogP contribution in [0.4, 0.5) is 0 Å². The average Bonchev–Trinajstić information content (AvgIpc) is 2.83. The van der Waals surface area contributed by atoms with Gasteiger partial charge in [-0.25, -0.2) is 4.98 Å². The second-order valence-electron chi connectivity index (χ2n) is 5.71. The highest BCUT2D eigenvalue weighted by Crippen LogP contribution is 2.28. The van der Waals surface area contributed by atoms with Gasteiger partial charge >= 0.3 is 0 Å². The van der Waals surface area contributed by atoms with Crippen LogP contribution in [-0.2, 0) is 6.54 Å². The number of hydrogen-bond donors (Lipinski definition) is 0. The van der Waals surface area contributed by atoms with E-state index in [0.29, 0.717) is 0 Å². The van der Waals surface area contributed by atoms with Crippen molar-refractivity contribution in [2.75, 3.05) is 0 Å². The van der Waals surface area contributed by atoms with E-state index in [-0.39, 0.29) is 5.41 Å².